The van der Waals surface area contributed by atoms with Crippen molar-refractivity contribution in [3.8, 4) is 0 Å². The van der Waals surface area contributed by atoms with Crippen LogP contribution in [0.15, 0.2) is 23.4 Å². The van der Waals surface area contributed by atoms with Crippen molar-refractivity contribution in [2.75, 3.05) is 7.11 Å². The van der Waals surface area contributed by atoms with E-state index < -0.39 is 0 Å². The average molecular weight is 263 g/mol. The number of ether oxygens (including phenoxy) is 1. The van der Waals surface area contributed by atoms with E-state index in [4.69, 9.17) is 4.74 Å². The summed E-state index contributed by atoms with van der Waals surface area (Å²) < 4.78 is 4.95. The number of hydrogen-bond donors (Lipinski definition) is 0. The Morgan fingerprint density at radius 3 is 2.11 bits per heavy atom. The highest BCUT2D eigenvalue weighted by molar-refractivity contribution is 5.73. The minimum atomic E-state index is -0.252. The molecule has 0 saturated carbocycles. The van der Waals surface area contributed by atoms with E-state index in [-0.39, 0.29) is 23.0 Å². The largest absolute Gasteiger partial charge is 0.452 e. The van der Waals surface area contributed by atoms with Crippen LogP contribution in [0.25, 0.3) is 0 Å². The Morgan fingerprint density at radius 2 is 1.68 bits per heavy atom. The molecule has 3 heteroatoms. The van der Waals surface area contributed by atoms with Gasteiger partial charge in [-0.1, -0.05) is 59.3 Å². The SMILES string of the molecule is COC(=O)N1C(C(C)(C)C)=C[C@H]2C(C(C)(C)C)=C[C@H]21. The van der Waals surface area contributed by atoms with E-state index in [1.165, 1.54) is 12.7 Å². The first kappa shape index (κ1) is 14.2. The van der Waals surface area contributed by atoms with E-state index in [1.54, 1.807) is 0 Å². The van der Waals surface area contributed by atoms with Gasteiger partial charge in [-0.05, 0) is 5.41 Å². The molecular weight excluding hydrogens is 238 g/mol. The number of carbonyl (C=O) groups excluding carboxylic acids is 1. The van der Waals surface area contributed by atoms with Crippen LogP contribution in [0.5, 0.6) is 0 Å². The first-order valence-corrected chi connectivity index (χ1v) is 6.89. The molecule has 0 N–H and O–H groups in total. The van der Waals surface area contributed by atoms with Gasteiger partial charge in [0.1, 0.15) is 0 Å². The molecule has 0 aromatic rings. The summed E-state index contributed by atoms with van der Waals surface area (Å²) in [6.45, 7) is 13.1. The lowest BCUT2D eigenvalue weighted by Gasteiger charge is -2.42. The topological polar surface area (TPSA) is 29.5 Å². The van der Waals surface area contributed by atoms with Crippen molar-refractivity contribution < 1.29 is 9.53 Å². The van der Waals surface area contributed by atoms with Crippen LogP contribution in [-0.4, -0.2) is 24.1 Å². The third-order valence-electron chi connectivity index (χ3n) is 3.98. The zero-order valence-corrected chi connectivity index (χ0v) is 13.1. The number of hydrogen-bond acceptors (Lipinski definition) is 2. The minimum Gasteiger partial charge on any atom is -0.452 e. The number of rotatable bonds is 0. The monoisotopic (exact) mass is 263 g/mol. The number of methoxy groups -OCH3 is 1. The van der Waals surface area contributed by atoms with Gasteiger partial charge in [-0.2, -0.15) is 0 Å². The van der Waals surface area contributed by atoms with Crippen molar-refractivity contribution in [3.05, 3.63) is 23.4 Å². The highest BCUT2D eigenvalue weighted by atomic mass is 16.5. The minimum absolute atomic E-state index is 0.0532. The van der Waals surface area contributed by atoms with E-state index in [9.17, 15) is 4.79 Å². The molecule has 1 heterocycles. The standard InChI is InChI=1S/C16H25NO2/c1-15(2,3)11-9-12-10(11)8-13(16(4,5)6)17(12)14(18)19-7/h8-10,12H,1-7H3/t10-,12+/m0/s1. The maximum atomic E-state index is 12.1. The Morgan fingerprint density at radius 1 is 1.11 bits per heavy atom. The molecule has 2 rings (SSSR count). The molecule has 0 unspecified atom stereocenters. The summed E-state index contributed by atoms with van der Waals surface area (Å²) in [6.07, 6.45) is 4.22. The second kappa shape index (κ2) is 4.12. The van der Waals surface area contributed by atoms with Crippen LogP contribution in [0.1, 0.15) is 41.5 Å². The predicted molar refractivity (Wildman–Crippen MR) is 76.6 cm³/mol. The normalized spacial score (nSPS) is 26.4. The molecule has 0 aromatic heterocycles. The van der Waals surface area contributed by atoms with E-state index in [1.807, 2.05) is 4.90 Å². The van der Waals surface area contributed by atoms with Crippen molar-refractivity contribution in [2.24, 2.45) is 16.7 Å². The highest BCUT2D eigenvalue weighted by Gasteiger charge is 2.49. The van der Waals surface area contributed by atoms with Gasteiger partial charge >= 0.3 is 6.09 Å². The Kier molecular flexibility index (Phi) is 3.07. The lowest BCUT2D eigenvalue weighted by molar-refractivity contribution is 0.115. The molecule has 1 aliphatic carbocycles. The van der Waals surface area contributed by atoms with Crippen molar-refractivity contribution in [1.82, 2.24) is 4.90 Å². The average Bonchev–Trinajstić information content (AvgIpc) is 2.48. The smallest absolute Gasteiger partial charge is 0.414 e. The fraction of sp³-hybridized carbons (Fsp3) is 0.688. The lowest BCUT2D eigenvalue weighted by atomic mass is 9.68. The molecule has 0 aromatic carbocycles. The molecule has 2 aliphatic rings. The van der Waals surface area contributed by atoms with Crippen LogP contribution >= 0.6 is 0 Å². The second-order valence-electron chi connectivity index (χ2n) is 7.53. The molecule has 0 radical (unpaired) electrons. The first-order valence-electron chi connectivity index (χ1n) is 6.89. The lowest BCUT2D eigenvalue weighted by Crippen LogP contribution is -2.46. The van der Waals surface area contributed by atoms with Crippen LogP contribution in [0.4, 0.5) is 4.79 Å². The van der Waals surface area contributed by atoms with Gasteiger partial charge in [0, 0.05) is 17.0 Å². The molecule has 2 atom stereocenters. The van der Waals surface area contributed by atoms with Gasteiger partial charge in [0.2, 0.25) is 0 Å². The summed E-state index contributed by atoms with van der Waals surface area (Å²) >= 11 is 0. The van der Waals surface area contributed by atoms with E-state index in [0.29, 0.717) is 5.92 Å². The zero-order valence-electron chi connectivity index (χ0n) is 13.1. The van der Waals surface area contributed by atoms with Crippen LogP contribution in [0.3, 0.4) is 0 Å². The third kappa shape index (κ3) is 2.19. The highest BCUT2D eigenvalue weighted by Crippen LogP contribution is 2.51. The van der Waals surface area contributed by atoms with Crippen LogP contribution in [-0.2, 0) is 4.74 Å². The van der Waals surface area contributed by atoms with Gasteiger partial charge in [-0.15, -0.1) is 0 Å². The molecule has 0 fully saturated rings. The zero-order chi connectivity index (χ0) is 14.6. The van der Waals surface area contributed by atoms with Gasteiger partial charge in [0.15, 0.2) is 0 Å². The predicted octanol–water partition coefficient (Wildman–Crippen LogP) is 3.97. The fourth-order valence-electron chi connectivity index (χ4n) is 2.98. The molecule has 19 heavy (non-hydrogen) atoms. The van der Waals surface area contributed by atoms with Gasteiger partial charge in [-0.3, -0.25) is 4.90 Å². The van der Waals surface area contributed by atoms with Gasteiger partial charge < -0.3 is 4.74 Å². The Balaban J connectivity index is 2.37. The summed E-state index contributed by atoms with van der Waals surface area (Å²) in [5.74, 6) is 0.355. The molecule has 1 aliphatic heterocycles. The van der Waals surface area contributed by atoms with Crippen molar-refractivity contribution >= 4 is 6.09 Å². The maximum Gasteiger partial charge on any atom is 0.414 e. The van der Waals surface area contributed by atoms with Crippen molar-refractivity contribution in [1.29, 1.82) is 0 Å². The summed E-state index contributed by atoms with van der Waals surface area (Å²) in [6, 6.07) is 0.149. The number of carbonyl (C=O) groups is 1. The number of nitrogens with zero attached hydrogens (tertiary/aromatic N) is 1. The maximum absolute atomic E-state index is 12.1. The van der Waals surface area contributed by atoms with E-state index >= 15 is 0 Å². The summed E-state index contributed by atoms with van der Waals surface area (Å²) in [5, 5.41) is 0. The molecule has 3 nitrogen and oxygen atoms in total. The number of amides is 1. The molecule has 0 spiro atoms. The molecular formula is C16H25NO2. The third-order valence-corrected chi connectivity index (χ3v) is 3.98. The van der Waals surface area contributed by atoms with E-state index in [2.05, 4.69) is 53.7 Å². The molecule has 1 amide bonds. The van der Waals surface area contributed by atoms with Crippen LogP contribution in [0, 0.1) is 16.7 Å². The van der Waals surface area contributed by atoms with Gasteiger partial charge in [-0.25, -0.2) is 4.79 Å². The van der Waals surface area contributed by atoms with Crippen LogP contribution in [0.2, 0.25) is 0 Å². The van der Waals surface area contributed by atoms with Gasteiger partial charge in [0.05, 0.1) is 13.2 Å². The molecule has 0 saturated heterocycles. The van der Waals surface area contributed by atoms with Crippen molar-refractivity contribution in [3.63, 3.8) is 0 Å². The van der Waals surface area contributed by atoms with Gasteiger partial charge in [0.25, 0.3) is 0 Å². The quantitative estimate of drug-likeness (QED) is 0.619. The summed E-state index contributed by atoms with van der Waals surface area (Å²) in [5.41, 5.74) is 2.60. The molecule has 0 bridgehead atoms. The number of allylic oxidation sites excluding steroid dienone is 1. The summed E-state index contributed by atoms with van der Waals surface area (Å²) in [7, 11) is 1.45. The Bertz CT molecular complexity index is 460. The van der Waals surface area contributed by atoms with Crippen LogP contribution < -0.4 is 0 Å². The first-order chi connectivity index (χ1) is 8.57. The van der Waals surface area contributed by atoms with Crippen molar-refractivity contribution in [2.45, 2.75) is 47.6 Å². The Labute approximate surface area is 116 Å². The molecule has 106 valence electrons. The second-order valence-corrected chi connectivity index (χ2v) is 7.53. The summed E-state index contributed by atoms with van der Waals surface area (Å²) in [4.78, 5) is 13.9. The fourth-order valence-corrected chi connectivity index (χ4v) is 2.98. The Hall–Kier alpha value is -1.25. The van der Waals surface area contributed by atoms with E-state index in [0.717, 1.165) is 5.70 Å². The number of fused-ring (bicyclic) bond motifs is 1.